The second-order valence-corrected chi connectivity index (χ2v) is 17.0. The van der Waals surface area contributed by atoms with Crippen molar-refractivity contribution >= 4 is 36.7 Å². The molecular formula is C53H53BN2. The highest BCUT2D eigenvalue weighted by Gasteiger charge is 2.41. The number of allylic oxidation sites excluding steroid dienone is 7. The van der Waals surface area contributed by atoms with Crippen LogP contribution in [0.3, 0.4) is 0 Å². The third-order valence-electron chi connectivity index (χ3n) is 12.6. The summed E-state index contributed by atoms with van der Waals surface area (Å²) in [5.41, 5.74) is 20.3. The van der Waals surface area contributed by atoms with Crippen molar-refractivity contribution in [2.75, 3.05) is 10.2 Å². The highest BCUT2D eigenvalue weighted by atomic mass is 15.2. The number of rotatable bonds is 8. The molecule has 2 bridgehead atoms. The van der Waals surface area contributed by atoms with Crippen molar-refractivity contribution in [3.05, 3.63) is 184 Å². The zero-order valence-corrected chi connectivity index (χ0v) is 34.3. The Morgan fingerprint density at radius 3 is 2.25 bits per heavy atom. The lowest BCUT2D eigenvalue weighted by Gasteiger charge is -2.46. The maximum absolute atomic E-state index is 6.72. The lowest BCUT2D eigenvalue weighted by molar-refractivity contribution is 0.613. The first-order chi connectivity index (χ1) is 26.9. The topological polar surface area (TPSA) is 15.3 Å². The lowest BCUT2D eigenvalue weighted by atomic mass is 9.70. The number of nitrogens with one attached hydrogen (secondary N) is 1. The zero-order valence-electron chi connectivity index (χ0n) is 34.3. The van der Waals surface area contributed by atoms with E-state index in [0.29, 0.717) is 5.92 Å². The molecule has 2 radical (unpaired) electrons. The normalized spacial score (nSPS) is 17.8. The number of hydrogen-bond acceptors (Lipinski definition) is 2. The van der Waals surface area contributed by atoms with Crippen molar-refractivity contribution in [1.82, 2.24) is 0 Å². The molecule has 0 fully saturated rings. The van der Waals surface area contributed by atoms with Gasteiger partial charge >= 0.3 is 0 Å². The van der Waals surface area contributed by atoms with Crippen molar-refractivity contribution < 1.29 is 0 Å². The smallest absolute Gasteiger partial charge is 0.105 e. The third-order valence-corrected chi connectivity index (χ3v) is 12.6. The largest absolute Gasteiger partial charge is 0.355 e. The van der Waals surface area contributed by atoms with Crippen LogP contribution in [0.25, 0.3) is 28.3 Å². The van der Waals surface area contributed by atoms with Crippen LogP contribution in [0, 0.1) is 19.8 Å². The van der Waals surface area contributed by atoms with Crippen molar-refractivity contribution in [2.24, 2.45) is 5.92 Å². The predicted octanol–water partition coefficient (Wildman–Crippen LogP) is 14.1. The molecule has 1 atom stereocenters. The van der Waals surface area contributed by atoms with E-state index in [9.17, 15) is 0 Å². The summed E-state index contributed by atoms with van der Waals surface area (Å²) in [6.45, 7) is 18.3. The number of aryl methyl sites for hydroxylation is 2. The van der Waals surface area contributed by atoms with E-state index in [0.717, 1.165) is 29.9 Å². The number of para-hydroxylation sites is 1. The van der Waals surface area contributed by atoms with Crippen LogP contribution in [-0.2, 0) is 17.3 Å². The molecule has 2 heterocycles. The molecule has 1 unspecified atom stereocenters. The van der Waals surface area contributed by atoms with Crippen LogP contribution < -0.4 is 10.2 Å². The molecular weight excluding hydrogens is 675 g/mol. The van der Waals surface area contributed by atoms with E-state index in [1.54, 1.807) is 0 Å². The van der Waals surface area contributed by atoms with Crippen LogP contribution in [-0.4, -0.2) is 7.85 Å². The van der Waals surface area contributed by atoms with Crippen molar-refractivity contribution in [1.29, 1.82) is 0 Å². The van der Waals surface area contributed by atoms with Gasteiger partial charge in [0.25, 0.3) is 0 Å². The fourth-order valence-electron chi connectivity index (χ4n) is 9.14. The Balaban J connectivity index is 1.43. The van der Waals surface area contributed by atoms with E-state index < -0.39 is 0 Å². The minimum atomic E-state index is -0.237. The molecule has 0 spiro atoms. The van der Waals surface area contributed by atoms with Gasteiger partial charge in [-0.25, -0.2) is 0 Å². The van der Waals surface area contributed by atoms with E-state index in [1.807, 2.05) is 5.98 Å². The van der Waals surface area contributed by atoms with Crippen LogP contribution in [0.4, 0.5) is 22.7 Å². The molecule has 8 rings (SSSR count). The maximum Gasteiger partial charge on any atom is 0.105 e. The summed E-state index contributed by atoms with van der Waals surface area (Å²) in [4.78, 5) is 2.46. The highest BCUT2D eigenvalue weighted by Crippen LogP contribution is 2.56. The maximum atomic E-state index is 6.72. The van der Waals surface area contributed by atoms with Crippen molar-refractivity contribution in [3.8, 4) is 22.3 Å². The standard InChI is InChI=1S/C53H53BN2/c1-9-34(2)18-11-10-12-19-38-36(4)30-41(40-21-17-24-46-50(33-54)56(51(38)40)49-25-16-15-23-45(49)53(46,7)8)43-31-42-39-20-13-14-22-44(39)52(5,6)47(42)32-48(43)55-37-28-26-35(3)27-29-37/h10-18,20-34,55H,9,19H2,1-8H3/b12-10-,18-11-,21-17-,46-24?,50-33?. The Morgan fingerprint density at radius 1 is 0.768 bits per heavy atom. The summed E-state index contributed by atoms with van der Waals surface area (Å²) in [6.07, 6.45) is 17.8. The minimum Gasteiger partial charge on any atom is -0.355 e. The van der Waals surface area contributed by atoms with Crippen LogP contribution in [0.5, 0.6) is 0 Å². The SMILES string of the molecule is [B]C=C1C2=C/C=C\c3c(-c4cc5c(cc4Nc4ccc(C)cc4)C(C)(C)c4ccccc4-5)cc(C)c(C/C=C\C=C/C(C)CC)c3N1c1ccccc1C2(C)C. The average molecular weight is 729 g/mol. The fourth-order valence-corrected chi connectivity index (χ4v) is 9.14. The van der Waals surface area contributed by atoms with Crippen molar-refractivity contribution in [3.63, 3.8) is 0 Å². The van der Waals surface area contributed by atoms with Crippen molar-refractivity contribution in [2.45, 2.75) is 79.1 Å². The number of benzene rings is 5. The summed E-state index contributed by atoms with van der Waals surface area (Å²) in [5.74, 6) is 2.37. The molecule has 0 saturated heterocycles. The summed E-state index contributed by atoms with van der Waals surface area (Å²) in [6, 6.07) is 33.8. The van der Waals surface area contributed by atoms with Gasteiger partial charge in [-0.1, -0.05) is 157 Å². The van der Waals surface area contributed by atoms with Gasteiger partial charge in [0.1, 0.15) is 7.85 Å². The molecule has 2 nitrogen and oxygen atoms in total. The number of nitrogens with zero attached hydrogens (tertiary/aromatic N) is 1. The molecule has 3 aliphatic rings. The molecule has 1 N–H and O–H groups in total. The van der Waals surface area contributed by atoms with E-state index in [4.69, 9.17) is 7.85 Å². The molecule has 2 aliphatic heterocycles. The number of fused-ring (bicyclic) bond motifs is 9. The van der Waals surface area contributed by atoms with Gasteiger partial charge in [-0.05, 0) is 107 Å². The summed E-state index contributed by atoms with van der Waals surface area (Å²) in [5, 5.41) is 3.91. The van der Waals surface area contributed by atoms with Gasteiger partial charge in [-0.15, -0.1) is 5.98 Å². The Morgan fingerprint density at radius 2 is 1.50 bits per heavy atom. The average Bonchev–Trinajstić information content (AvgIpc) is 3.41. The molecule has 5 aromatic rings. The second-order valence-electron chi connectivity index (χ2n) is 17.0. The lowest BCUT2D eigenvalue weighted by Crippen LogP contribution is -2.36. The van der Waals surface area contributed by atoms with E-state index in [2.05, 4.69) is 199 Å². The molecule has 56 heavy (non-hydrogen) atoms. The molecule has 1 aliphatic carbocycles. The van der Waals surface area contributed by atoms with Gasteiger partial charge in [0, 0.05) is 39.0 Å². The summed E-state index contributed by atoms with van der Waals surface area (Å²) >= 11 is 0. The molecule has 0 saturated carbocycles. The monoisotopic (exact) mass is 728 g/mol. The quantitative estimate of drug-likeness (QED) is 0.126. The van der Waals surface area contributed by atoms with E-state index in [-0.39, 0.29) is 10.8 Å². The molecule has 0 aromatic heterocycles. The first kappa shape index (κ1) is 37.4. The Kier molecular flexibility index (Phi) is 9.69. The second kappa shape index (κ2) is 14.5. The Hall–Kier alpha value is -5.54. The summed E-state index contributed by atoms with van der Waals surface area (Å²) < 4.78 is 0. The molecule has 278 valence electrons. The fraction of sp³-hybridized carbons (Fsp3) is 0.245. The van der Waals surface area contributed by atoms with E-state index >= 15 is 0 Å². The first-order valence-electron chi connectivity index (χ1n) is 20.3. The van der Waals surface area contributed by atoms with Crippen LogP contribution in [0.2, 0.25) is 0 Å². The molecule has 3 heteroatoms. The Labute approximate surface area is 336 Å². The highest BCUT2D eigenvalue weighted by molar-refractivity contribution is 6.18. The number of hydrogen-bond donors (Lipinski definition) is 1. The molecule has 0 amide bonds. The van der Waals surface area contributed by atoms with Crippen LogP contribution in [0.15, 0.2) is 145 Å². The third kappa shape index (κ3) is 6.22. The van der Waals surface area contributed by atoms with Gasteiger partial charge in [0.15, 0.2) is 0 Å². The Bertz CT molecular complexity index is 2500. The predicted molar refractivity (Wildman–Crippen MR) is 243 cm³/mol. The van der Waals surface area contributed by atoms with E-state index in [1.165, 1.54) is 78.1 Å². The van der Waals surface area contributed by atoms with Gasteiger partial charge < -0.3 is 10.2 Å². The van der Waals surface area contributed by atoms with Gasteiger partial charge in [0.2, 0.25) is 0 Å². The van der Waals surface area contributed by atoms with Crippen LogP contribution >= 0.6 is 0 Å². The first-order valence-corrected chi connectivity index (χ1v) is 20.3. The van der Waals surface area contributed by atoms with Crippen LogP contribution in [0.1, 0.15) is 86.9 Å². The van der Waals surface area contributed by atoms with Gasteiger partial charge in [-0.3, -0.25) is 0 Å². The molecule has 5 aromatic carbocycles. The van der Waals surface area contributed by atoms with Gasteiger partial charge in [0.05, 0.1) is 11.4 Å². The minimum absolute atomic E-state index is 0.134. The van der Waals surface area contributed by atoms with Gasteiger partial charge in [-0.2, -0.15) is 0 Å². The summed E-state index contributed by atoms with van der Waals surface area (Å²) in [7, 11) is 6.72. The zero-order chi connectivity index (χ0) is 39.4. The number of anilines is 4.